The van der Waals surface area contributed by atoms with Crippen LogP contribution < -0.4 is 0 Å². The largest absolute Gasteiger partial charge is 0.466 e. The van der Waals surface area contributed by atoms with Crippen molar-refractivity contribution in [2.75, 3.05) is 26.2 Å². The molecule has 6 heteroatoms. The summed E-state index contributed by atoms with van der Waals surface area (Å²) >= 11 is 0. The number of aryl methyl sites for hydroxylation is 2. The van der Waals surface area contributed by atoms with E-state index in [0.29, 0.717) is 37.6 Å². The Bertz CT molecular complexity index is 537. The molecule has 1 atom stereocenters. The van der Waals surface area contributed by atoms with Gasteiger partial charge in [0, 0.05) is 19.6 Å². The third kappa shape index (κ3) is 1.97. The van der Waals surface area contributed by atoms with Crippen LogP contribution in [0.5, 0.6) is 0 Å². The lowest BCUT2D eigenvalue weighted by molar-refractivity contribution is 0.0615. The van der Waals surface area contributed by atoms with Crippen LogP contribution in [0.1, 0.15) is 21.9 Å². The summed E-state index contributed by atoms with van der Waals surface area (Å²) in [5.41, 5.74) is 0.608. The second kappa shape index (κ2) is 4.29. The predicted molar refractivity (Wildman–Crippen MR) is 65.9 cm³/mol. The van der Waals surface area contributed by atoms with Crippen molar-refractivity contribution in [3.8, 4) is 0 Å². The van der Waals surface area contributed by atoms with E-state index in [1.165, 1.54) is 0 Å². The zero-order valence-corrected chi connectivity index (χ0v) is 11.0. The number of carbonyl (C=O) groups is 2. The molecule has 2 fully saturated rings. The van der Waals surface area contributed by atoms with Crippen molar-refractivity contribution in [1.29, 1.82) is 0 Å². The first-order chi connectivity index (χ1) is 9.06. The average Bonchev–Trinajstić information content (AvgIpc) is 2.92. The Morgan fingerprint density at radius 1 is 1.37 bits per heavy atom. The summed E-state index contributed by atoms with van der Waals surface area (Å²) < 4.78 is 10.4. The number of nitrogens with zero attached hydrogens (tertiary/aromatic N) is 2. The van der Waals surface area contributed by atoms with Gasteiger partial charge in [-0.1, -0.05) is 0 Å². The number of hydrogen-bond acceptors (Lipinski definition) is 4. The van der Waals surface area contributed by atoms with Gasteiger partial charge in [0.05, 0.1) is 11.6 Å². The molecule has 2 amide bonds. The van der Waals surface area contributed by atoms with Gasteiger partial charge in [0.2, 0.25) is 0 Å². The van der Waals surface area contributed by atoms with E-state index >= 15 is 0 Å². The molecule has 2 aliphatic heterocycles. The van der Waals surface area contributed by atoms with Crippen LogP contribution in [-0.2, 0) is 4.74 Å². The second-order valence-corrected chi connectivity index (χ2v) is 5.00. The fourth-order valence-corrected chi connectivity index (χ4v) is 2.69. The molecule has 2 saturated heterocycles. The topological polar surface area (TPSA) is 63.0 Å². The van der Waals surface area contributed by atoms with Crippen molar-refractivity contribution in [2.45, 2.75) is 19.9 Å². The number of furan rings is 1. The Morgan fingerprint density at radius 2 is 2.16 bits per heavy atom. The number of hydrogen-bond donors (Lipinski definition) is 0. The SMILES string of the molecule is Cc1cc(C(=O)N2CCN3C(=O)OC[C@H]3C2)c(C)o1. The van der Waals surface area contributed by atoms with Gasteiger partial charge in [-0.2, -0.15) is 0 Å². The van der Waals surface area contributed by atoms with Crippen molar-refractivity contribution in [2.24, 2.45) is 0 Å². The van der Waals surface area contributed by atoms with Gasteiger partial charge in [-0.15, -0.1) is 0 Å². The summed E-state index contributed by atoms with van der Waals surface area (Å²) in [7, 11) is 0. The summed E-state index contributed by atoms with van der Waals surface area (Å²) in [4.78, 5) is 27.3. The van der Waals surface area contributed by atoms with Crippen molar-refractivity contribution >= 4 is 12.0 Å². The normalized spacial score (nSPS) is 22.4. The van der Waals surface area contributed by atoms with Gasteiger partial charge < -0.3 is 14.1 Å². The lowest BCUT2D eigenvalue weighted by Crippen LogP contribution is -2.53. The molecule has 0 bridgehead atoms. The molecule has 0 spiro atoms. The number of piperazine rings is 1. The molecule has 0 saturated carbocycles. The average molecular weight is 264 g/mol. The predicted octanol–water partition coefficient (Wildman–Crippen LogP) is 1.17. The van der Waals surface area contributed by atoms with E-state index in [-0.39, 0.29) is 18.0 Å². The minimum atomic E-state index is -0.271. The molecule has 6 nitrogen and oxygen atoms in total. The molecule has 19 heavy (non-hydrogen) atoms. The van der Waals surface area contributed by atoms with Crippen molar-refractivity contribution in [3.05, 3.63) is 23.2 Å². The number of fused-ring (bicyclic) bond motifs is 1. The zero-order valence-electron chi connectivity index (χ0n) is 11.0. The summed E-state index contributed by atoms with van der Waals surface area (Å²) in [5, 5.41) is 0. The number of cyclic esters (lactones) is 1. The first-order valence-corrected chi connectivity index (χ1v) is 6.36. The Hall–Kier alpha value is -1.98. The molecule has 3 heterocycles. The van der Waals surface area contributed by atoms with Gasteiger partial charge >= 0.3 is 6.09 Å². The first-order valence-electron chi connectivity index (χ1n) is 6.36. The number of ether oxygens (including phenoxy) is 1. The quantitative estimate of drug-likeness (QED) is 0.764. The molecule has 1 aromatic rings. The third-order valence-electron chi connectivity index (χ3n) is 3.68. The first kappa shape index (κ1) is 12.1. The van der Waals surface area contributed by atoms with E-state index in [9.17, 15) is 9.59 Å². The van der Waals surface area contributed by atoms with Crippen LogP contribution in [0.3, 0.4) is 0 Å². The van der Waals surface area contributed by atoms with Gasteiger partial charge in [-0.3, -0.25) is 9.69 Å². The molecular formula is C13H16N2O4. The smallest absolute Gasteiger partial charge is 0.410 e. The molecule has 0 radical (unpaired) electrons. The van der Waals surface area contributed by atoms with Gasteiger partial charge in [0.25, 0.3) is 5.91 Å². The third-order valence-corrected chi connectivity index (χ3v) is 3.68. The fourth-order valence-electron chi connectivity index (χ4n) is 2.69. The van der Waals surface area contributed by atoms with E-state index in [1.54, 1.807) is 22.8 Å². The molecule has 2 aliphatic rings. The van der Waals surface area contributed by atoms with Crippen LogP contribution in [-0.4, -0.2) is 54.1 Å². The van der Waals surface area contributed by atoms with Gasteiger partial charge in [0.15, 0.2) is 0 Å². The van der Waals surface area contributed by atoms with Gasteiger partial charge in [-0.05, 0) is 19.9 Å². The van der Waals surface area contributed by atoms with Crippen LogP contribution in [0.25, 0.3) is 0 Å². The Balaban J connectivity index is 1.75. The van der Waals surface area contributed by atoms with E-state index in [0.717, 1.165) is 5.76 Å². The maximum Gasteiger partial charge on any atom is 0.410 e. The highest BCUT2D eigenvalue weighted by Gasteiger charge is 2.39. The lowest BCUT2D eigenvalue weighted by Gasteiger charge is -2.35. The number of rotatable bonds is 1. The van der Waals surface area contributed by atoms with Crippen molar-refractivity contribution in [3.63, 3.8) is 0 Å². The minimum absolute atomic E-state index is 0.0153. The highest BCUT2D eigenvalue weighted by atomic mass is 16.6. The Labute approximate surface area is 110 Å². The molecule has 0 unspecified atom stereocenters. The van der Waals surface area contributed by atoms with E-state index in [1.807, 2.05) is 6.92 Å². The van der Waals surface area contributed by atoms with Crippen LogP contribution in [0.15, 0.2) is 10.5 Å². The number of carbonyl (C=O) groups excluding carboxylic acids is 2. The minimum Gasteiger partial charge on any atom is -0.466 e. The Morgan fingerprint density at radius 3 is 2.84 bits per heavy atom. The van der Waals surface area contributed by atoms with Crippen molar-refractivity contribution < 1.29 is 18.7 Å². The second-order valence-electron chi connectivity index (χ2n) is 5.00. The van der Waals surface area contributed by atoms with Crippen LogP contribution in [0.2, 0.25) is 0 Å². The molecular weight excluding hydrogens is 248 g/mol. The molecule has 3 rings (SSSR count). The molecule has 102 valence electrons. The number of amides is 2. The van der Waals surface area contributed by atoms with Crippen molar-refractivity contribution in [1.82, 2.24) is 9.80 Å². The van der Waals surface area contributed by atoms with Gasteiger partial charge in [0.1, 0.15) is 18.1 Å². The summed E-state index contributed by atoms with van der Waals surface area (Å²) in [6.07, 6.45) is -0.271. The molecule has 1 aromatic heterocycles. The maximum atomic E-state index is 12.4. The van der Waals surface area contributed by atoms with E-state index in [4.69, 9.17) is 9.15 Å². The highest BCUT2D eigenvalue weighted by molar-refractivity contribution is 5.95. The van der Waals surface area contributed by atoms with E-state index in [2.05, 4.69) is 0 Å². The Kier molecular flexibility index (Phi) is 2.73. The monoisotopic (exact) mass is 264 g/mol. The van der Waals surface area contributed by atoms with E-state index < -0.39 is 0 Å². The lowest BCUT2D eigenvalue weighted by atomic mass is 10.1. The van der Waals surface area contributed by atoms with Crippen LogP contribution >= 0.6 is 0 Å². The highest BCUT2D eigenvalue weighted by Crippen LogP contribution is 2.21. The molecule has 0 N–H and O–H groups in total. The summed E-state index contributed by atoms with van der Waals surface area (Å²) in [6.45, 7) is 5.57. The summed E-state index contributed by atoms with van der Waals surface area (Å²) in [5.74, 6) is 1.34. The fraction of sp³-hybridized carbons (Fsp3) is 0.538. The molecule has 0 aromatic carbocycles. The summed E-state index contributed by atoms with van der Waals surface area (Å²) in [6, 6.07) is 1.75. The standard InChI is InChI=1S/C13H16N2O4/c1-8-5-11(9(2)19-8)12(16)14-3-4-15-10(6-14)7-18-13(15)17/h5,10H,3-4,6-7H2,1-2H3/t10-/m1/s1. The van der Waals surface area contributed by atoms with Gasteiger partial charge in [-0.25, -0.2) is 4.79 Å². The zero-order chi connectivity index (χ0) is 13.6. The van der Waals surface area contributed by atoms with Crippen LogP contribution in [0, 0.1) is 13.8 Å². The van der Waals surface area contributed by atoms with Crippen LogP contribution in [0.4, 0.5) is 4.79 Å². The maximum absolute atomic E-state index is 12.4. The molecule has 0 aliphatic carbocycles.